The highest BCUT2D eigenvalue weighted by Gasteiger charge is 2.19. The minimum atomic E-state index is -0.258. The molecule has 7 heteroatoms. The summed E-state index contributed by atoms with van der Waals surface area (Å²) >= 11 is 0. The molecule has 1 N–H and O–H groups in total. The number of carbonyl (C=O) groups is 2. The Morgan fingerprint density at radius 2 is 1.79 bits per heavy atom. The van der Waals surface area contributed by atoms with Crippen LogP contribution in [0.15, 0.2) is 48.5 Å². The number of methoxy groups -OCH3 is 1. The molecular formula is C21H25N3O4. The molecule has 148 valence electrons. The Hall–Kier alpha value is -3.06. The summed E-state index contributed by atoms with van der Waals surface area (Å²) in [6.07, 6.45) is 0. The molecule has 1 aliphatic rings. The molecule has 2 amide bonds. The van der Waals surface area contributed by atoms with Gasteiger partial charge in [0.25, 0.3) is 0 Å². The number of carbonyl (C=O) groups excluding carboxylic acids is 2. The Bertz CT molecular complexity index is 817. The lowest BCUT2D eigenvalue weighted by molar-refractivity contribution is -0.120. The molecule has 0 spiro atoms. The van der Waals surface area contributed by atoms with Crippen molar-refractivity contribution in [3.63, 3.8) is 0 Å². The lowest BCUT2D eigenvalue weighted by atomic mass is 10.2. The first kappa shape index (κ1) is 19.7. The average molecular weight is 383 g/mol. The van der Waals surface area contributed by atoms with Crippen molar-refractivity contribution in [3.8, 4) is 5.75 Å². The zero-order valence-corrected chi connectivity index (χ0v) is 16.2. The summed E-state index contributed by atoms with van der Waals surface area (Å²) in [7, 11) is 1.58. The van der Waals surface area contributed by atoms with Crippen LogP contribution >= 0.6 is 0 Å². The predicted octanol–water partition coefficient (Wildman–Crippen LogP) is 2.52. The molecule has 1 aliphatic heterocycles. The molecule has 0 aliphatic carbocycles. The number of nitrogens with zero attached hydrogens (tertiary/aromatic N) is 2. The number of morpholine rings is 1. The van der Waals surface area contributed by atoms with Gasteiger partial charge in [-0.25, -0.2) is 0 Å². The van der Waals surface area contributed by atoms with Crippen LogP contribution in [0.5, 0.6) is 5.75 Å². The van der Waals surface area contributed by atoms with E-state index < -0.39 is 0 Å². The highest BCUT2D eigenvalue weighted by atomic mass is 16.5. The van der Waals surface area contributed by atoms with Gasteiger partial charge in [0, 0.05) is 25.7 Å². The van der Waals surface area contributed by atoms with Crippen molar-refractivity contribution in [2.24, 2.45) is 0 Å². The maximum atomic E-state index is 12.7. The molecular weight excluding hydrogens is 358 g/mol. The van der Waals surface area contributed by atoms with Gasteiger partial charge in [-0.2, -0.15) is 0 Å². The third-order valence-corrected chi connectivity index (χ3v) is 4.60. The third-order valence-electron chi connectivity index (χ3n) is 4.60. The molecule has 0 saturated carbocycles. The summed E-state index contributed by atoms with van der Waals surface area (Å²) in [4.78, 5) is 28.4. The van der Waals surface area contributed by atoms with Crippen molar-refractivity contribution in [1.29, 1.82) is 0 Å². The zero-order valence-electron chi connectivity index (χ0n) is 16.2. The molecule has 0 aromatic heterocycles. The molecule has 0 bridgehead atoms. The standard InChI is InChI=1S/C21H25N3O4/c1-16(25)24(17-7-9-18(27-2)10-8-17)15-21(26)22-19-5-3-4-6-20(19)23-11-13-28-14-12-23/h3-10H,11-15H2,1-2H3,(H,22,26). The second-order valence-corrected chi connectivity index (χ2v) is 6.47. The van der Waals surface area contributed by atoms with Gasteiger partial charge in [0.1, 0.15) is 12.3 Å². The number of ether oxygens (including phenoxy) is 2. The van der Waals surface area contributed by atoms with Crippen molar-refractivity contribution in [1.82, 2.24) is 0 Å². The Labute approximate surface area is 164 Å². The van der Waals surface area contributed by atoms with E-state index in [0.717, 1.165) is 24.5 Å². The van der Waals surface area contributed by atoms with E-state index in [1.165, 1.54) is 11.8 Å². The quantitative estimate of drug-likeness (QED) is 0.830. The van der Waals surface area contributed by atoms with Crippen LogP contribution in [0.4, 0.5) is 17.1 Å². The van der Waals surface area contributed by atoms with Crippen molar-refractivity contribution in [2.45, 2.75) is 6.92 Å². The van der Waals surface area contributed by atoms with Gasteiger partial charge in [-0.1, -0.05) is 12.1 Å². The molecule has 0 radical (unpaired) electrons. The summed E-state index contributed by atoms with van der Waals surface area (Å²) in [6.45, 7) is 4.25. The van der Waals surface area contributed by atoms with Gasteiger partial charge in [-0.05, 0) is 36.4 Å². The second kappa shape index (κ2) is 9.23. The summed E-state index contributed by atoms with van der Waals surface area (Å²) in [5.41, 5.74) is 2.33. The van der Waals surface area contributed by atoms with E-state index >= 15 is 0 Å². The molecule has 1 heterocycles. The van der Waals surface area contributed by atoms with Crippen LogP contribution in [-0.2, 0) is 14.3 Å². The van der Waals surface area contributed by atoms with Crippen LogP contribution < -0.4 is 19.9 Å². The Morgan fingerprint density at radius 1 is 1.11 bits per heavy atom. The van der Waals surface area contributed by atoms with Gasteiger partial charge >= 0.3 is 0 Å². The first-order valence-electron chi connectivity index (χ1n) is 9.22. The monoisotopic (exact) mass is 383 g/mol. The number of nitrogens with one attached hydrogen (secondary N) is 1. The van der Waals surface area contributed by atoms with E-state index in [-0.39, 0.29) is 18.4 Å². The van der Waals surface area contributed by atoms with E-state index in [1.54, 1.807) is 31.4 Å². The number of para-hydroxylation sites is 2. The van der Waals surface area contributed by atoms with Crippen LogP contribution in [0.25, 0.3) is 0 Å². The lowest BCUT2D eigenvalue weighted by Gasteiger charge is -2.30. The molecule has 3 rings (SSSR count). The fraction of sp³-hybridized carbons (Fsp3) is 0.333. The SMILES string of the molecule is COc1ccc(N(CC(=O)Nc2ccccc2N2CCOCC2)C(C)=O)cc1. The molecule has 0 atom stereocenters. The Morgan fingerprint density at radius 3 is 2.43 bits per heavy atom. The molecule has 1 fully saturated rings. The van der Waals surface area contributed by atoms with Gasteiger partial charge in [-0.15, -0.1) is 0 Å². The van der Waals surface area contributed by atoms with E-state index in [4.69, 9.17) is 9.47 Å². The van der Waals surface area contributed by atoms with E-state index in [2.05, 4.69) is 10.2 Å². The number of hydrogen-bond acceptors (Lipinski definition) is 5. The van der Waals surface area contributed by atoms with Crippen LogP contribution in [0, 0.1) is 0 Å². The molecule has 7 nitrogen and oxygen atoms in total. The first-order chi connectivity index (χ1) is 13.6. The highest BCUT2D eigenvalue weighted by molar-refractivity contribution is 6.03. The molecule has 28 heavy (non-hydrogen) atoms. The van der Waals surface area contributed by atoms with Gasteiger partial charge < -0.3 is 24.6 Å². The fourth-order valence-corrected chi connectivity index (χ4v) is 3.14. The Balaban J connectivity index is 1.72. The molecule has 2 aromatic carbocycles. The van der Waals surface area contributed by atoms with Gasteiger partial charge in [-0.3, -0.25) is 9.59 Å². The van der Waals surface area contributed by atoms with Crippen molar-refractivity contribution >= 4 is 28.9 Å². The largest absolute Gasteiger partial charge is 0.497 e. The second-order valence-electron chi connectivity index (χ2n) is 6.47. The molecule has 0 unspecified atom stereocenters. The topological polar surface area (TPSA) is 71.1 Å². The summed E-state index contributed by atoms with van der Waals surface area (Å²) in [5, 5.41) is 2.95. The predicted molar refractivity (Wildman–Crippen MR) is 109 cm³/mol. The highest BCUT2D eigenvalue weighted by Crippen LogP contribution is 2.26. The van der Waals surface area contributed by atoms with E-state index in [1.807, 2.05) is 24.3 Å². The maximum Gasteiger partial charge on any atom is 0.244 e. The van der Waals surface area contributed by atoms with Crippen LogP contribution in [0.3, 0.4) is 0 Å². The minimum absolute atomic E-state index is 0.0703. The number of hydrogen-bond donors (Lipinski definition) is 1. The minimum Gasteiger partial charge on any atom is -0.497 e. The Kier molecular flexibility index (Phi) is 6.49. The summed E-state index contributed by atoms with van der Waals surface area (Å²) < 4.78 is 10.5. The van der Waals surface area contributed by atoms with Gasteiger partial charge in [0.15, 0.2) is 0 Å². The summed E-state index contributed by atoms with van der Waals surface area (Å²) in [5.74, 6) is 0.227. The molecule has 1 saturated heterocycles. The number of anilines is 3. The fourth-order valence-electron chi connectivity index (χ4n) is 3.14. The summed E-state index contributed by atoms with van der Waals surface area (Å²) in [6, 6.07) is 14.7. The maximum absolute atomic E-state index is 12.7. The van der Waals surface area contributed by atoms with Crippen LogP contribution in [0.1, 0.15) is 6.92 Å². The number of benzene rings is 2. The van der Waals surface area contributed by atoms with Crippen molar-refractivity contribution in [3.05, 3.63) is 48.5 Å². The first-order valence-corrected chi connectivity index (χ1v) is 9.22. The van der Waals surface area contributed by atoms with Gasteiger partial charge in [0.2, 0.25) is 11.8 Å². The van der Waals surface area contributed by atoms with Gasteiger partial charge in [0.05, 0.1) is 31.7 Å². The normalized spacial score (nSPS) is 13.7. The lowest BCUT2D eigenvalue weighted by Crippen LogP contribution is -2.38. The van der Waals surface area contributed by atoms with Crippen molar-refractivity contribution < 1.29 is 19.1 Å². The molecule has 2 aromatic rings. The average Bonchev–Trinajstić information content (AvgIpc) is 2.73. The smallest absolute Gasteiger partial charge is 0.244 e. The zero-order chi connectivity index (χ0) is 19.9. The van der Waals surface area contributed by atoms with Crippen LogP contribution in [0.2, 0.25) is 0 Å². The number of rotatable bonds is 6. The van der Waals surface area contributed by atoms with Crippen molar-refractivity contribution in [2.75, 3.05) is 55.1 Å². The van der Waals surface area contributed by atoms with Crippen LogP contribution in [-0.4, -0.2) is 51.8 Å². The number of amides is 2. The van der Waals surface area contributed by atoms with E-state index in [0.29, 0.717) is 24.7 Å². The third kappa shape index (κ3) is 4.80. The van der Waals surface area contributed by atoms with E-state index in [9.17, 15) is 9.59 Å².